The Hall–Kier alpha value is 0.580. The molecule has 0 fully saturated rings. The Bertz CT molecular complexity index is 536. The van der Waals surface area contributed by atoms with Gasteiger partial charge in [0.05, 0.1) is 13.6 Å². The van der Waals surface area contributed by atoms with Crippen molar-refractivity contribution in [1.82, 2.24) is 0 Å². The molecule has 6 heteroatoms. The lowest BCUT2D eigenvalue weighted by molar-refractivity contribution is 0.619. The summed E-state index contributed by atoms with van der Waals surface area (Å²) >= 11 is 17.8. The topological polar surface area (TPSA) is 0 Å². The van der Waals surface area contributed by atoms with Crippen LogP contribution in [-0.2, 0) is 0 Å². The van der Waals surface area contributed by atoms with Crippen LogP contribution < -0.4 is 0 Å². The van der Waals surface area contributed by atoms with Gasteiger partial charge in [0.25, 0.3) is 0 Å². The first kappa shape index (κ1) is 14.0. The highest BCUT2D eigenvalue weighted by Gasteiger charge is 2.16. The molecule has 0 saturated carbocycles. The molecule has 1 unspecified atom stereocenters. The summed E-state index contributed by atoms with van der Waals surface area (Å²) in [6, 6.07) is 6.86. The Morgan fingerprint density at radius 3 is 2.35 bits per heavy atom. The van der Waals surface area contributed by atoms with Crippen LogP contribution in [0, 0.1) is 5.82 Å². The van der Waals surface area contributed by atoms with Gasteiger partial charge in [-0.15, -0.1) is 22.9 Å². The highest BCUT2D eigenvalue weighted by atomic mass is 79.9. The van der Waals surface area contributed by atoms with Gasteiger partial charge in [-0.1, -0.05) is 6.07 Å². The third-order valence-corrected chi connectivity index (χ3v) is 6.73. The standard InChI is InChI=1S/C11H5Br3ClFS/c12-6-2-1-5(3-8(6)16)10(15)9-4-7(13)11(14)17-9/h1-4,10H. The van der Waals surface area contributed by atoms with Crippen LogP contribution in [0.3, 0.4) is 0 Å². The van der Waals surface area contributed by atoms with Crippen molar-refractivity contribution in [3.63, 3.8) is 0 Å². The Balaban J connectivity index is 2.36. The quantitative estimate of drug-likeness (QED) is 0.446. The van der Waals surface area contributed by atoms with Crippen LogP contribution in [0.4, 0.5) is 4.39 Å². The fourth-order valence-electron chi connectivity index (χ4n) is 1.32. The summed E-state index contributed by atoms with van der Waals surface area (Å²) in [5.74, 6) is -0.303. The highest BCUT2D eigenvalue weighted by molar-refractivity contribution is 9.13. The van der Waals surface area contributed by atoms with Gasteiger partial charge in [0.1, 0.15) is 5.82 Å². The maximum absolute atomic E-state index is 13.4. The molecule has 0 aliphatic heterocycles. The summed E-state index contributed by atoms with van der Waals surface area (Å²) in [6.07, 6.45) is 0. The van der Waals surface area contributed by atoms with Gasteiger partial charge < -0.3 is 0 Å². The average molecular weight is 463 g/mol. The van der Waals surface area contributed by atoms with E-state index < -0.39 is 0 Å². The average Bonchev–Trinajstić information content (AvgIpc) is 2.62. The number of halogens is 5. The molecule has 1 aromatic carbocycles. The van der Waals surface area contributed by atoms with Crippen molar-refractivity contribution in [3.8, 4) is 0 Å². The second-order valence-electron chi connectivity index (χ2n) is 3.31. The minimum atomic E-state index is -0.342. The fraction of sp³-hybridized carbons (Fsp3) is 0.0909. The number of hydrogen-bond acceptors (Lipinski definition) is 1. The fourth-order valence-corrected chi connectivity index (χ4v) is 4.00. The van der Waals surface area contributed by atoms with E-state index in [1.165, 1.54) is 17.4 Å². The van der Waals surface area contributed by atoms with E-state index >= 15 is 0 Å². The number of thiophene rings is 1. The zero-order valence-electron chi connectivity index (χ0n) is 8.18. The first-order chi connectivity index (χ1) is 7.99. The highest BCUT2D eigenvalue weighted by Crippen LogP contribution is 2.40. The van der Waals surface area contributed by atoms with Crippen molar-refractivity contribution in [3.05, 3.63) is 53.3 Å². The largest absolute Gasteiger partial charge is 0.206 e. The zero-order chi connectivity index (χ0) is 12.6. The predicted octanol–water partition coefficient (Wildman–Crippen LogP) is 6.50. The molecule has 1 aromatic heterocycles. The Morgan fingerprint density at radius 1 is 1.12 bits per heavy atom. The molecule has 2 aromatic rings. The molecule has 90 valence electrons. The van der Waals surface area contributed by atoms with Crippen LogP contribution in [0.2, 0.25) is 0 Å². The van der Waals surface area contributed by atoms with Crippen LogP contribution in [0.25, 0.3) is 0 Å². The lowest BCUT2D eigenvalue weighted by atomic mass is 10.1. The van der Waals surface area contributed by atoms with Gasteiger partial charge in [-0.2, -0.15) is 0 Å². The van der Waals surface area contributed by atoms with Crippen LogP contribution in [0.1, 0.15) is 15.8 Å². The van der Waals surface area contributed by atoms with E-state index in [9.17, 15) is 4.39 Å². The second-order valence-corrected chi connectivity index (χ2v) is 7.85. The molecule has 0 aliphatic carbocycles. The van der Waals surface area contributed by atoms with Gasteiger partial charge in [0.15, 0.2) is 0 Å². The van der Waals surface area contributed by atoms with Crippen molar-refractivity contribution in [1.29, 1.82) is 0 Å². The van der Waals surface area contributed by atoms with Crippen molar-refractivity contribution in [2.45, 2.75) is 5.38 Å². The van der Waals surface area contributed by atoms with Crippen LogP contribution >= 0.6 is 70.7 Å². The molecular formula is C11H5Br3ClFS. The van der Waals surface area contributed by atoms with Crippen LogP contribution in [0.15, 0.2) is 37.0 Å². The molecule has 1 atom stereocenters. The molecule has 0 saturated heterocycles. The van der Waals surface area contributed by atoms with E-state index in [4.69, 9.17) is 11.6 Å². The Labute approximate surface area is 133 Å². The summed E-state index contributed by atoms with van der Waals surface area (Å²) in [7, 11) is 0. The first-order valence-corrected chi connectivity index (χ1v) is 8.16. The zero-order valence-corrected chi connectivity index (χ0v) is 14.5. The summed E-state index contributed by atoms with van der Waals surface area (Å²) in [4.78, 5) is 0.965. The molecular weight excluding hydrogens is 458 g/mol. The number of benzene rings is 1. The maximum Gasteiger partial charge on any atom is 0.137 e. The SMILES string of the molecule is Fc1cc(C(Cl)c2cc(Br)c(Br)s2)ccc1Br. The monoisotopic (exact) mass is 460 g/mol. The third-order valence-electron chi connectivity index (χ3n) is 2.15. The summed E-state index contributed by atoms with van der Waals surface area (Å²) in [6.45, 7) is 0. The van der Waals surface area contributed by atoms with Gasteiger partial charge in [0.2, 0.25) is 0 Å². The van der Waals surface area contributed by atoms with Gasteiger partial charge in [-0.25, -0.2) is 4.39 Å². The minimum absolute atomic E-state index is 0.303. The number of alkyl halides is 1. The number of rotatable bonds is 2. The molecule has 0 radical (unpaired) electrons. The smallest absolute Gasteiger partial charge is 0.137 e. The Morgan fingerprint density at radius 2 is 1.82 bits per heavy atom. The van der Waals surface area contributed by atoms with Crippen molar-refractivity contribution in [2.24, 2.45) is 0 Å². The van der Waals surface area contributed by atoms with Crippen molar-refractivity contribution >= 4 is 70.7 Å². The van der Waals surface area contributed by atoms with Crippen molar-refractivity contribution < 1.29 is 4.39 Å². The van der Waals surface area contributed by atoms with E-state index in [1.54, 1.807) is 6.07 Å². The predicted molar refractivity (Wildman–Crippen MR) is 81.5 cm³/mol. The van der Waals surface area contributed by atoms with E-state index in [1.807, 2.05) is 12.1 Å². The Kier molecular flexibility index (Phi) is 4.69. The normalized spacial score (nSPS) is 12.8. The number of hydrogen-bond donors (Lipinski definition) is 0. The van der Waals surface area contributed by atoms with E-state index in [2.05, 4.69) is 47.8 Å². The van der Waals surface area contributed by atoms with Gasteiger partial charge in [0, 0.05) is 9.35 Å². The molecule has 0 amide bonds. The molecule has 1 heterocycles. The lowest BCUT2D eigenvalue weighted by Gasteiger charge is -2.08. The molecule has 0 aliphatic rings. The van der Waals surface area contributed by atoms with Crippen molar-refractivity contribution in [2.75, 3.05) is 0 Å². The van der Waals surface area contributed by atoms with Gasteiger partial charge >= 0.3 is 0 Å². The molecule has 0 spiro atoms. The summed E-state index contributed by atoms with van der Waals surface area (Å²) in [5, 5.41) is -0.342. The third kappa shape index (κ3) is 3.13. The van der Waals surface area contributed by atoms with E-state index in [0.29, 0.717) is 4.47 Å². The molecule has 2 rings (SSSR count). The van der Waals surface area contributed by atoms with Gasteiger partial charge in [-0.05, 0) is 71.6 Å². The van der Waals surface area contributed by atoms with Crippen LogP contribution in [-0.4, -0.2) is 0 Å². The van der Waals surface area contributed by atoms with Gasteiger partial charge in [-0.3, -0.25) is 0 Å². The summed E-state index contributed by atoms with van der Waals surface area (Å²) in [5.41, 5.74) is 0.744. The first-order valence-electron chi connectivity index (χ1n) is 4.53. The molecule has 0 nitrogen and oxygen atoms in total. The lowest BCUT2D eigenvalue weighted by Crippen LogP contribution is -1.91. The second kappa shape index (κ2) is 5.70. The molecule has 17 heavy (non-hydrogen) atoms. The summed E-state index contributed by atoms with van der Waals surface area (Å²) < 4.78 is 15.8. The van der Waals surface area contributed by atoms with E-state index in [-0.39, 0.29) is 11.2 Å². The minimum Gasteiger partial charge on any atom is -0.206 e. The molecule has 0 bridgehead atoms. The van der Waals surface area contributed by atoms with Crippen LogP contribution in [0.5, 0.6) is 0 Å². The molecule has 0 N–H and O–H groups in total. The van der Waals surface area contributed by atoms with E-state index in [0.717, 1.165) is 18.7 Å². The maximum atomic E-state index is 13.4.